The summed E-state index contributed by atoms with van der Waals surface area (Å²) < 4.78 is 0. The molecule has 0 fully saturated rings. The molecule has 6 heteroatoms. The molecule has 0 radical (unpaired) electrons. The smallest absolute Gasteiger partial charge is 0.224 e. The Morgan fingerprint density at radius 3 is 2.03 bits per heavy atom. The minimum absolute atomic E-state index is 0.103. The number of carbonyl (C=O) groups excluding carboxylic acids is 4. The van der Waals surface area contributed by atoms with Crippen molar-refractivity contribution in [1.29, 1.82) is 0 Å². The second kappa shape index (κ2) is 11.0. The lowest BCUT2D eigenvalue weighted by Gasteiger charge is -2.26. The van der Waals surface area contributed by atoms with Crippen LogP contribution in [0.15, 0.2) is 47.6 Å². The van der Waals surface area contributed by atoms with Gasteiger partial charge in [-0.2, -0.15) is 0 Å². The van der Waals surface area contributed by atoms with Crippen molar-refractivity contribution < 1.29 is 19.2 Å². The molecule has 170 valence electrons. The normalized spacial score (nSPS) is 25.2. The average molecular weight is 437 g/mol. The number of benzene rings is 1. The van der Waals surface area contributed by atoms with Crippen LogP contribution >= 0.6 is 0 Å². The third kappa shape index (κ3) is 6.02. The molecule has 2 aliphatic carbocycles. The van der Waals surface area contributed by atoms with Crippen LogP contribution in [-0.4, -0.2) is 24.4 Å². The first-order valence-corrected chi connectivity index (χ1v) is 11.3. The Hall–Kier alpha value is -3.02. The fourth-order valence-electron chi connectivity index (χ4n) is 4.56. The molecule has 0 heterocycles. The largest absolute Gasteiger partial charge is 0.352 e. The number of aldehydes is 2. The summed E-state index contributed by atoms with van der Waals surface area (Å²) in [4.78, 5) is 48.0. The van der Waals surface area contributed by atoms with Gasteiger partial charge in [0, 0.05) is 24.9 Å². The van der Waals surface area contributed by atoms with Gasteiger partial charge < -0.3 is 20.2 Å². The molecule has 1 aromatic carbocycles. The summed E-state index contributed by atoms with van der Waals surface area (Å²) >= 11 is 0. The molecule has 2 N–H and O–H groups in total. The average Bonchev–Trinajstić information content (AvgIpc) is 2.81. The SMILES string of the molecule is CC1=CCC(C(=O)NCc2cccc(CNC(=O)C3CC(C)=CCC3C=O)c2)C(C=O)C1. The summed E-state index contributed by atoms with van der Waals surface area (Å²) in [5.41, 5.74) is 4.15. The Balaban J connectivity index is 1.53. The molecule has 2 amide bonds. The van der Waals surface area contributed by atoms with Crippen molar-refractivity contribution in [3.05, 3.63) is 58.7 Å². The van der Waals surface area contributed by atoms with Crippen LogP contribution in [-0.2, 0) is 32.3 Å². The Morgan fingerprint density at radius 2 is 1.41 bits per heavy atom. The lowest BCUT2D eigenvalue weighted by Crippen LogP contribution is -2.37. The number of hydrogen-bond donors (Lipinski definition) is 2. The third-order valence-electron chi connectivity index (χ3n) is 6.54. The molecule has 0 bridgehead atoms. The second-order valence-corrected chi connectivity index (χ2v) is 9.05. The van der Waals surface area contributed by atoms with Crippen LogP contribution < -0.4 is 10.6 Å². The van der Waals surface area contributed by atoms with Gasteiger partial charge in [0.05, 0.1) is 11.8 Å². The number of nitrogens with one attached hydrogen (secondary N) is 2. The highest BCUT2D eigenvalue weighted by Crippen LogP contribution is 2.29. The fourth-order valence-corrected chi connectivity index (χ4v) is 4.56. The van der Waals surface area contributed by atoms with E-state index in [-0.39, 0.29) is 35.5 Å². The maximum atomic E-state index is 12.7. The van der Waals surface area contributed by atoms with Gasteiger partial charge in [-0.15, -0.1) is 0 Å². The van der Waals surface area contributed by atoms with Gasteiger partial charge in [-0.25, -0.2) is 0 Å². The molecule has 0 saturated carbocycles. The van der Waals surface area contributed by atoms with Gasteiger partial charge in [0.2, 0.25) is 11.8 Å². The Labute approximate surface area is 189 Å². The van der Waals surface area contributed by atoms with Crippen molar-refractivity contribution in [3.63, 3.8) is 0 Å². The van der Waals surface area contributed by atoms with Gasteiger partial charge in [0.25, 0.3) is 0 Å². The zero-order valence-electron chi connectivity index (χ0n) is 18.8. The van der Waals surface area contributed by atoms with Gasteiger partial charge in [-0.1, -0.05) is 47.6 Å². The van der Waals surface area contributed by atoms with E-state index in [0.29, 0.717) is 38.8 Å². The molecule has 0 spiro atoms. The molecule has 0 aliphatic heterocycles. The zero-order chi connectivity index (χ0) is 23.1. The molecule has 32 heavy (non-hydrogen) atoms. The minimum Gasteiger partial charge on any atom is -0.352 e. The summed E-state index contributed by atoms with van der Waals surface area (Å²) in [6.45, 7) is 4.71. The topological polar surface area (TPSA) is 92.3 Å². The first-order valence-electron chi connectivity index (χ1n) is 11.3. The maximum absolute atomic E-state index is 12.7. The van der Waals surface area contributed by atoms with Crippen LogP contribution in [0.25, 0.3) is 0 Å². The van der Waals surface area contributed by atoms with E-state index in [1.54, 1.807) is 0 Å². The van der Waals surface area contributed by atoms with E-state index in [2.05, 4.69) is 10.6 Å². The van der Waals surface area contributed by atoms with E-state index >= 15 is 0 Å². The third-order valence-corrected chi connectivity index (χ3v) is 6.54. The molecule has 4 atom stereocenters. The van der Waals surface area contributed by atoms with Crippen LogP contribution in [0.4, 0.5) is 0 Å². The number of allylic oxidation sites excluding steroid dienone is 4. The van der Waals surface area contributed by atoms with Crippen LogP contribution in [0, 0.1) is 23.7 Å². The van der Waals surface area contributed by atoms with Crippen molar-refractivity contribution in [2.24, 2.45) is 23.7 Å². The summed E-state index contributed by atoms with van der Waals surface area (Å²) in [7, 11) is 0. The van der Waals surface area contributed by atoms with E-state index in [0.717, 1.165) is 34.8 Å². The number of carbonyl (C=O) groups is 4. The molecule has 1 aromatic rings. The summed E-state index contributed by atoms with van der Waals surface area (Å²) in [5, 5.41) is 5.91. The van der Waals surface area contributed by atoms with E-state index in [1.807, 2.05) is 50.3 Å². The monoisotopic (exact) mass is 436 g/mol. The Morgan fingerprint density at radius 1 is 0.844 bits per heavy atom. The summed E-state index contributed by atoms with van der Waals surface area (Å²) in [6, 6.07) is 7.69. The number of rotatable bonds is 8. The molecule has 6 nitrogen and oxygen atoms in total. The van der Waals surface area contributed by atoms with Gasteiger partial charge in [0.1, 0.15) is 12.6 Å². The predicted octanol–water partition coefficient (Wildman–Crippen LogP) is 3.26. The summed E-state index contributed by atoms with van der Waals surface area (Å²) in [6.07, 6.45) is 8.29. The van der Waals surface area contributed by atoms with Gasteiger partial charge in [-0.3, -0.25) is 9.59 Å². The molecule has 0 saturated heterocycles. The van der Waals surface area contributed by atoms with E-state index in [9.17, 15) is 19.2 Å². The van der Waals surface area contributed by atoms with Crippen molar-refractivity contribution in [2.45, 2.75) is 52.6 Å². The minimum atomic E-state index is -0.322. The maximum Gasteiger partial charge on any atom is 0.224 e. The molecule has 4 unspecified atom stereocenters. The van der Waals surface area contributed by atoms with E-state index < -0.39 is 0 Å². The molecule has 3 rings (SSSR count). The lowest BCUT2D eigenvalue weighted by molar-refractivity contribution is -0.130. The number of hydrogen-bond acceptors (Lipinski definition) is 4. The standard InChI is InChI=1S/C26H32N2O4/c1-17-7-9-23(22(10-17)16-30)25(31)27-13-19-4-3-5-20(12-19)14-28-26(32)24-11-18(2)6-8-21(24)15-29/h3-7,12,15-16,21-24H,8-11,13-14H2,1-2H3,(H,27,31)(H,28,32). The second-order valence-electron chi connectivity index (χ2n) is 9.05. The molecular weight excluding hydrogens is 404 g/mol. The molecular formula is C26H32N2O4. The van der Waals surface area contributed by atoms with Crippen molar-refractivity contribution in [3.8, 4) is 0 Å². The van der Waals surface area contributed by atoms with Crippen LogP contribution in [0.2, 0.25) is 0 Å². The highest BCUT2D eigenvalue weighted by atomic mass is 16.2. The number of amides is 2. The Kier molecular flexibility index (Phi) is 8.14. The van der Waals surface area contributed by atoms with Crippen molar-refractivity contribution >= 4 is 24.4 Å². The highest BCUT2D eigenvalue weighted by Gasteiger charge is 2.31. The van der Waals surface area contributed by atoms with Crippen molar-refractivity contribution in [2.75, 3.05) is 0 Å². The van der Waals surface area contributed by atoms with E-state index in [4.69, 9.17) is 0 Å². The van der Waals surface area contributed by atoms with Gasteiger partial charge >= 0.3 is 0 Å². The Bertz CT molecular complexity index is 934. The van der Waals surface area contributed by atoms with Crippen LogP contribution in [0.1, 0.15) is 50.7 Å². The van der Waals surface area contributed by atoms with Gasteiger partial charge in [-0.05, 0) is 50.7 Å². The first-order chi connectivity index (χ1) is 15.4. The molecule has 0 aromatic heterocycles. The fraction of sp³-hybridized carbons (Fsp3) is 0.462. The van der Waals surface area contributed by atoms with E-state index in [1.165, 1.54) is 0 Å². The van der Waals surface area contributed by atoms with Gasteiger partial charge in [0.15, 0.2) is 0 Å². The molecule has 2 aliphatic rings. The van der Waals surface area contributed by atoms with Crippen LogP contribution in [0.3, 0.4) is 0 Å². The summed E-state index contributed by atoms with van der Waals surface area (Å²) in [5.74, 6) is -1.39. The quantitative estimate of drug-likeness (QED) is 0.483. The zero-order valence-corrected chi connectivity index (χ0v) is 18.8. The predicted molar refractivity (Wildman–Crippen MR) is 122 cm³/mol. The highest BCUT2D eigenvalue weighted by molar-refractivity contribution is 5.83. The lowest BCUT2D eigenvalue weighted by atomic mass is 9.80. The van der Waals surface area contributed by atoms with Crippen LogP contribution in [0.5, 0.6) is 0 Å². The first kappa shape index (κ1) is 23.6. The van der Waals surface area contributed by atoms with Crippen molar-refractivity contribution in [1.82, 2.24) is 10.6 Å².